The van der Waals surface area contributed by atoms with Crippen LogP contribution < -0.4 is 9.62 Å². The fourth-order valence-electron chi connectivity index (χ4n) is 3.39. The van der Waals surface area contributed by atoms with Gasteiger partial charge in [0, 0.05) is 45.6 Å². The SMILES string of the molecule is C[C@H](CO)Nc1cc(N(COCC[Si](C)(C)C)S(=O)(=O)N2CCOCC2)nc(SCc2ccccc2)n1. The Hall–Kier alpha value is -1.74. The summed E-state index contributed by atoms with van der Waals surface area (Å²) in [5.74, 6) is 1.28. The molecule has 206 valence electrons. The Bertz CT molecular complexity index is 1080. The second-order valence-electron chi connectivity index (χ2n) is 10.1. The summed E-state index contributed by atoms with van der Waals surface area (Å²) in [7, 11) is -5.28. The van der Waals surface area contributed by atoms with Gasteiger partial charge in [0.15, 0.2) is 11.0 Å². The molecule has 0 saturated carbocycles. The van der Waals surface area contributed by atoms with Crippen LogP contribution in [0, 0.1) is 0 Å². The Morgan fingerprint density at radius 1 is 1.22 bits per heavy atom. The van der Waals surface area contributed by atoms with Crippen molar-refractivity contribution in [3.63, 3.8) is 0 Å². The molecule has 0 spiro atoms. The predicted molar refractivity (Wildman–Crippen MR) is 151 cm³/mol. The van der Waals surface area contributed by atoms with E-state index in [0.717, 1.165) is 11.6 Å². The number of aliphatic hydroxyl groups is 1. The third-order valence-corrected chi connectivity index (χ3v) is 10.1. The first-order valence-corrected chi connectivity index (χ1v) is 18.5. The first-order chi connectivity index (χ1) is 17.6. The summed E-state index contributed by atoms with van der Waals surface area (Å²) in [4.78, 5) is 9.22. The predicted octanol–water partition coefficient (Wildman–Crippen LogP) is 3.26. The summed E-state index contributed by atoms with van der Waals surface area (Å²) in [5, 5.41) is 13.1. The van der Waals surface area contributed by atoms with E-state index in [4.69, 9.17) is 9.47 Å². The molecular formula is C24H39N5O5S2Si. The highest BCUT2D eigenvalue weighted by Gasteiger charge is 2.33. The van der Waals surface area contributed by atoms with E-state index in [1.165, 1.54) is 20.4 Å². The minimum Gasteiger partial charge on any atom is -0.394 e. The topological polar surface area (TPSA) is 117 Å². The molecule has 13 heteroatoms. The van der Waals surface area contributed by atoms with Gasteiger partial charge in [-0.15, -0.1) is 0 Å². The van der Waals surface area contributed by atoms with Crippen molar-refractivity contribution in [2.24, 2.45) is 0 Å². The lowest BCUT2D eigenvalue weighted by Crippen LogP contribution is -2.49. The maximum absolute atomic E-state index is 13.8. The number of ether oxygens (including phenoxy) is 2. The van der Waals surface area contributed by atoms with Gasteiger partial charge < -0.3 is 19.9 Å². The summed E-state index contributed by atoms with van der Waals surface area (Å²) in [6, 6.07) is 12.2. The number of hydrogen-bond donors (Lipinski definition) is 2. The summed E-state index contributed by atoms with van der Waals surface area (Å²) in [6.07, 6.45) is 0. The van der Waals surface area contributed by atoms with E-state index < -0.39 is 18.3 Å². The Balaban J connectivity index is 1.93. The molecule has 2 aromatic rings. The fourth-order valence-corrected chi connectivity index (χ4v) is 6.39. The number of benzene rings is 1. The van der Waals surface area contributed by atoms with Crippen molar-refractivity contribution in [1.29, 1.82) is 0 Å². The Morgan fingerprint density at radius 3 is 2.57 bits per heavy atom. The Morgan fingerprint density at radius 2 is 1.92 bits per heavy atom. The van der Waals surface area contributed by atoms with Crippen molar-refractivity contribution >= 4 is 41.7 Å². The van der Waals surface area contributed by atoms with Crippen LogP contribution >= 0.6 is 11.8 Å². The van der Waals surface area contributed by atoms with Gasteiger partial charge in [0.05, 0.1) is 19.8 Å². The van der Waals surface area contributed by atoms with E-state index in [-0.39, 0.29) is 38.3 Å². The molecule has 3 rings (SSSR count). The number of anilines is 2. The van der Waals surface area contributed by atoms with Crippen LogP contribution in [0.4, 0.5) is 11.6 Å². The summed E-state index contributed by atoms with van der Waals surface area (Å²) >= 11 is 1.42. The molecule has 0 aliphatic carbocycles. The van der Waals surface area contributed by atoms with Crippen LogP contribution in [0.3, 0.4) is 0 Å². The minimum atomic E-state index is -3.93. The van der Waals surface area contributed by atoms with E-state index >= 15 is 0 Å². The monoisotopic (exact) mass is 569 g/mol. The molecule has 2 heterocycles. The van der Waals surface area contributed by atoms with Crippen molar-refractivity contribution in [2.75, 3.05) is 55.9 Å². The van der Waals surface area contributed by atoms with Gasteiger partial charge in [-0.2, -0.15) is 12.7 Å². The van der Waals surface area contributed by atoms with E-state index in [9.17, 15) is 13.5 Å². The van der Waals surface area contributed by atoms with Gasteiger partial charge in [-0.3, -0.25) is 0 Å². The fraction of sp³-hybridized carbons (Fsp3) is 0.583. The van der Waals surface area contributed by atoms with E-state index in [0.29, 0.717) is 36.5 Å². The first-order valence-electron chi connectivity index (χ1n) is 12.4. The van der Waals surface area contributed by atoms with Crippen LogP contribution in [0.25, 0.3) is 0 Å². The van der Waals surface area contributed by atoms with Crippen molar-refractivity contribution in [1.82, 2.24) is 14.3 Å². The molecule has 1 aliphatic rings. The molecule has 1 atom stereocenters. The Labute approximate surface area is 226 Å². The van der Waals surface area contributed by atoms with Crippen LogP contribution in [-0.2, 0) is 25.4 Å². The van der Waals surface area contributed by atoms with Crippen LogP contribution in [0.15, 0.2) is 41.6 Å². The number of aromatic nitrogens is 2. The highest BCUT2D eigenvalue weighted by atomic mass is 32.2. The highest BCUT2D eigenvalue weighted by molar-refractivity contribution is 7.98. The van der Waals surface area contributed by atoms with Crippen molar-refractivity contribution in [3.05, 3.63) is 42.0 Å². The molecule has 0 bridgehead atoms. The van der Waals surface area contributed by atoms with Crippen LogP contribution in [0.1, 0.15) is 12.5 Å². The molecule has 0 radical (unpaired) electrons. The summed E-state index contributed by atoms with van der Waals surface area (Å²) in [5.41, 5.74) is 1.10. The van der Waals surface area contributed by atoms with Crippen molar-refractivity contribution < 1.29 is 23.0 Å². The lowest BCUT2D eigenvalue weighted by molar-refractivity contribution is 0.0720. The van der Waals surface area contributed by atoms with Gasteiger partial charge in [0.2, 0.25) is 0 Å². The van der Waals surface area contributed by atoms with Gasteiger partial charge in [0.1, 0.15) is 12.5 Å². The van der Waals surface area contributed by atoms with Crippen LogP contribution in [-0.4, -0.2) is 88.2 Å². The molecule has 1 aromatic heterocycles. The van der Waals surface area contributed by atoms with Crippen LogP contribution in [0.2, 0.25) is 25.7 Å². The molecule has 1 saturated heterocycles. The summed E-state index contributed by atoms with van der Waals surface area (Å²) < 4.78 is 41.4. The third-order valence-electron chi connectivity index (χ3n) is 5.61. The largest absolute Gasteiger partial charge is 0.394 e. The molecule has 2 N–H and O–H groups in total. The van der Waals surface area contributed by atoms with Crippen molar-refractivity contribution in [2.45, 2.75) is 49.6 Å². The number of thioether (sulfide) groups is 1. The lowest BCUT2D eigenvalue weighted by atomic mass is 10.2. The second kappa shape index (κ2) is 13.9. The third kappa shape index (κ3) is 9.50. The number of hydrogen-bond acceptors (Lipinski definition) is 9. The molecule has 0 unspecified atom stereocenters. The minimum absolute atomic E-state index is 0.0958. The number of aliphatic hydroxyl groups excluding tert-OH is 1. The first kappa shape index (κ1) is 29.8. The molecule has 10 nitrogen and oxygen atoms in total. The number of morpholine rings is 1. The highest BCUT2D eigenvalue weighted by Crippen LogP contribution is 2.27. The van der Waals surface area contributed by atoms with Gasteiger partial charge in [-0.25, -0.2) is 14.3 Å². The van der Waals surface area contributed by atoms with Crippen molar-refractivity contribution in [3.8, 4) is 0 Å². The molecule has 1 fully saturated rings. The quantitative estimate of drug-likeness (QED) is 0.116. The van der Waals surface area contributed by atoms with E-state index in [1.54, 1.807) is 6.07 Å². The molecule has 1 aliphatic heterocycles. The maximum atomic E-state index is 13.8. The van der Waals surface area contributed by atoms with E-state index in [2.05, 4.69) is 34.9 Å². The maximum Gasteiger partial charge on any atom is 0.307 e. The zero-order chi connectivity index (χ0) is 26.9. The van der Waals surface area contributed by atoms with Gasteiger partial charge in [-0.1, -0.05) is 61.7 Å². The smallest absolute Gasteiger partial charge is 0.307 e. The van der Waals surface area contributed by atoms with Crippen LogP contribution in [0.5, 0.6) is 0 Å². The zero-order valence-electron chi connectivity index (χ0n) is 22.1. The molecule has 37 heavy (non-hydrogen) atoms. The van der Waals surface area contributed by atoms with E-state index in [1.807, 2.05) is 37.3 Å². The molecular weight excluding hydrogens is 531 g/mol. The summed E-state index contributed by atoms with van der Waals surface area (Å²) in [6.45, 7) is 10.00. The number of rotatable bonds is 14. The lowest BCUT2D eigenvalue weighted by Gasteiger charge is -2.32. The number of nitrogens with one attached hydrogen (secondary N) is 1. The van der Waals surface area contributed by atoms with Gasteiger partial charge in [-0.05, 0) is 18.5 Å². The van der Waals surface area contributed by atoms with Gasteiger partial charge in [0.25, 0.3) is 0 Å². The normalized spacial score (nSPS) is 15.9. The molecule has 1 aromatic carbocycles. The standard InChI is InChI=1S/C24H39N5O5S2Si/c1-20(17-30)25-22-16-23(27-24(26-22)35-18-21-8-6-5-7-9-21)29(19-34-14-15-37(2,3)4)36(31,32)28-10-12-33-13-11-28/h5-9,16,20,30H,10-15,17-19H2,1-4H3,(H,25,26,27)/t20-/m1/s1. The average Bonchev–Trinajstić information content (AvgIpc) is 2.87. The number of nitrogens with zero attached hydrogens (tertiary/aromatic N) is 4. The van der Waals surface area contributed by atoms with Gasteiger partial charge >= 0.3 is 10.2 Å². The Kier molecular flexibility index (Phi) is 11.2. The second-order valence-corrected chi connectivity index (χ2v) is 18.5. The zero-order valence-corrected chi connectivity index (χ0v) is 24.7. The molecule has 0 amide bonds. The average molecular weight is 570 g/mol.